The summed E-state index contributed by atoms with van der Waals surface area (Å²) < 4.78 is 102. The normalized spacial score (nSPS) is 21.4. The van der Waals surface area contributed by atoms with Crippen molar-refractivity contribution in [1.29, 1.82) is 0 Å². The molecule has 3 N–H and O–H groups in total. The molecule has 2 saturated heterocycles. The van der Waals surface area contributed by atoms with Gasteiger partial charge in [-0.15, -0.1) is 0 Å². The van der Waals surface area contributed by atoms with Crippen molar-refractivity contribution in [2.24, 2.45) is 5.92 Å². The minimum Gasteiger partial charge on any atom is -0.444 e. The quantitative estimate of drug-likeness (QED) is 0.125. The maximum absolute atomic E-state index is 14.7. The highest BCUT2D eigenvalue weighted by Crippen LogP contribution is 2.33. The first-order chi connectivity index (χ1) is 22.7. The Balaban J connectivity index is 1.56. The molecular formula is C31H39F4N3O10S. The SMILES string of the molecule is CC(C)(C)OC(=O)NC(C)(Cc1ccc(OS(=O)(=O)C(F)(F)F)cc1)[C@@H](O)CN(Cc1ccccc1F)NC(=O)O[C@H]1CO[C@H]2OCC[C@H]21. The third kappa shape index (κ3) is 10.4. The molecule has 0 aromatic heterocycles. The van der Waals surface area contributed by atoms with Crippen LogP contribution in [-0.4, -0.2) is 85.6 Å². The number of alkyl halides is 3. The van der Waals surface area contributed by atoms with Crippen LogP contribution in [0.15, 0.2) is 48.5 Å². The second-order valence-corrected chi connectivity index (χ2v) is 14.5. The van der Waals surface area contributed by atoms with Gasteiger partial charge in [-0.25, -0.2) is 19.0 Å². The molecule has 2 heterocycles. The fourth-order valence-corrected chi connectivity index (χ4v) is 5.73. The van der Waals surface area contributed by atoms with Gasteiger partial charge in [0.05, 0.1) is 30.8 Å². The van der Waals surface area contributed by atoms with E-state index in [1.165, 1.54) is 42.3 Å². The average molecular weight is 722 g/mol. The summed E-state index contributed by atoms with van der Waals surface area (Å²) in [5, 5.41) is 15.5. The second-order valence-electron chi connectivity index (χ2n) is 12.9. The number of nitrogens with one attached hydrogen (secondary N) is 2. The number of rotatable bonds is 12. The molecular weight excluding hydrogens is 682 g/mol. The van der Waals surface area contributed by atoms with Crippen LogP contribution in [0.4, 0.5) is 27.2 Å². The van der Waals surface area contributed by atoms with Gasteiger partial charge in [0.25, 0.3) is 0 Å². The van der Waals surface area contributed by atoms with Gasteiger partial charge in [0.2, 0.25) is 0 Å². The van der Waals surface area contributed by atoms with Gasteiger partial charge in [0.1, 0.15) is 23.3 Å². The van der Waals surface area contributed by atoms with Gasteiger partial charge in [0.15, 0.2) is 6.29 Å². The summed E-state index contributed by atoms with van der Waals surface area (Å²) in [5.41, 5.74) is -5.15. The van der Waals surface area contributed by atoms with E-state index in [9.17, 15) is 40.7 Å². The number of fused-ring (bicyclic) bond motifs is 1. The number of amides is 2. The van der Waals surface area contributed by atoms with Crippen LogP contribution in [0, 0.1) is 11.7 Å². The smallest absolute Gasteiger partial charge is 0.444 e. The topological polar surface area (TPSA) is 162 Å². The summed E-state index contributed by atoms with van der Waals surface area (Å²) >= 11 is 0. The molecule has 5 atom stereocenters. The van der Waals surface area contributed by atoms with Gasteiger partial charge in [-0.05, 0) is 64.3 Å². The molecule has 4 rings (SSSR count). The molecule has 0 bridgehead atoms. The standard InChI is InChI=1S/C31H39F4N3O10S/c1-29(2,3)47-27(40)36-30(4,15-19-9-11-21(12-10-19)48-49(42,43)31(33,34)35)25(39)17-38(16-20-7-5-6-8-23(20)32)37-28(41)46-24-18-45-26-22(24)13-14-44-26/h5-12,22,24-26,39H,13-18H2,1-4H3,(H,36,40)(H,37,41)/t22-,24-,25-,26+,30?/m0/s1. The number of nitrogens with zero attached hydrogens (tertiary/aromatic N) is 1. The molecule has 2 aromatic carbocycles. The molecule has 2 fully saturated rings. The summed E-state index contributed by atoms with van der Waals surface area (Å²) in [6.45, 7) is 6.24. The number of carbonyl (C=O) groups is 2. The van der Waals surface area contributed by atoms with E-state index in [-0.39, 0.29) is 31.1 Å². The molecule has 2 aromatic rings. The maximum Gasteiger partial charge on any atom is 0.534 e. The van der Waals surface area contributed by atoms with E-state index in [2.05, 4.69) is 14.9 Å². The second kappa shape index (κ2) is 15.0. The largest absolute Gasteiger partial charge is 0.534 e. The van der Waals surface area contributed by atoms with Crippen molar-refractivity contribution in [3.05, 3.63) is 65.5 Å². The predicted molar refractivity (Wildman–Crippen MR) is 164 cm³/mol. The van der Waals surface area contributed by atoms with Crippen molar-refractivity contribution in [2.45, 2.75) is 82.2 Å². The summed E-state index contributed by atoms with van der Waals surface area (Å²) in [6.07, 6.45) is -4.01. The monoisotopic (exact) mass is 721 g/mol. The maximum atomic E-state index is 14.7. The molecule has 0 radical (unpaired) electrons. The van der Waals surface area contributed by atoms with E-state index in [0.29, 0.717) is 18.6 Å². The Hall–Kier alpha value is -3.71. The number of hydrazine groups is 1. The van der Waals surface area contributed by atoms with E-state index < -0.39 is 75.6 Å². The van der Waals surface area contributed by atoms with Crippen LogP contribution in [0.3, 0.4) is 0 Å². The first kappa shape index (κ1) is 38.1. The van der Waals surface area contributed by atoms with E-state index >= 15 is 0 Å². The first-order valence-corrected chi connectivity index (χ1v) is 16.6. The number of benzene rings is 2. The van der Waals surface area contributed by atoms with Crippen molar-refractivity contribution < 1.29 is 63.8 Å². The Morgan fingerprint density at radius 1 is 1.04 bits per heavy atom. The molecule has 18 heteroatoms. The van der Waals surface area contributed by atoms with Crippen LogP contribution >= 0.6 is 0 Å². The van der Waals surface area contributed by atoms with Crippen LogP contribution in [0.2, 0.25) is 0 Å². The molecule has 0 aliphatic carbocycles. The molecule has 0 saturated carbocycles. The fourth-order valence-electron chi connectivity index (χ4n) is 5.28. The number of hydrogen-bond donors (Lipinski definition) is 3. The van der Waals surface area contributed by atoms with Gasteiger partial charge in [-0.2, -0.15) is 21.6 Å². The number of alkyl carbamates (subject to hydrolysis) is 1. The molecule has 272 valence electrons. The zero-order valence-electron chi connectivity index (χ0n) is 27.2. The number of carbonyl (C=O) groups excluding carboxylic acids is 2. The Kier molecular flexibility index (Phi) is 11.7. The summed E-state index contributed by atoms with van der Waals surface area (Å²) in [7, 11) is -5.91. The lowest BCUT2D eigenvalue weighted by molar-refractivity contribution is -0.0907. The first-order valence-electron chi connectivity index (χ1n) is 15.2. The molecule has 49 heavy (non-hydrogen) atoms. The number of aliphatic hydroxyl groups is 1. The lowest BCUT2D eigenvalue weighted by Crippen LogP contribution is -2.61. The van der Waals surface area contributed by atoms with Crippen LogP contribution in [0.25, 0.3) is 0 Å². The lowest BCUT2D eigenvalue weighted by atomic mass is 9.87. The van der Waals surface area contributed by atoms with Crippen molar-refractivity contribution in [2.75, 3.05) is 19.8 Å². The van der Waals surface area contributed by atoms with Crippen LogP contribution in [0.1, 0.15) is 45.2 Å². The Bertz CT molecular complexity index is 1570. The molecule has 2 aliphatic heterocycles. The van der Waals surface area contributed by atoms with Gasteiger partial charge < -0.3 is 33.6 Å². The molecule has 2 amide bonds. The Labute approximate surface area is 280 Å². The van der Waals surface area contributed by atoms with Crippen LogP contribution < -0.4 is 14.9 Å². The van der Waals surface area contributed by atoms with Crippen molar-refractivity contribution in [3.8, 4) is 5.75 Å². The van der Waals surface area contributed by atoms with E-state index in [1.807, 2.05) is 0 Å². The zero-order chi connectivity index (χ0) is 36.2. The summed E-state index contributed by atoms with van der Waals surface area (Å²) in [6, 6.07) is 10.2. The minimum absolute atomic E-state index is 0.114. The van der Waals surface area contributed by atoms with Crippen LogP contribution in [-0.2, 0) is 42.0 Å². The summed E-state index contributed by atoms with van der Waals surface area (Å²) in [5.74, 6) is -1.37. The third-order valence-electron chi connectivity index (χ3n) is 7.71. The van der Waals surface area contributed by atoms with Gasteiger partial charge >= 0.3 is 27.8 Å². The zero-order valence-corrected chi connectivity index (χ0v) is 28.0. The number of halogens is 4. The van der Waals surface area contributed by atoms with Gasteiger partial charge in [0, 0.05) is 18.7 Å². The average Bonchev–Trinajstić information content (AvgIpc) is 3.58. The molecule has 2 aliphatic rings. The highest BCUT2D eigenvalue weighted by atomic mass is 32.2. The van der Waals surface area contributed by atoms with E-state index in [4.69, 9.17) is 18.9 Å². The van der Waals surface area contributed by atoms with Crippen molar-refractivity contribution in [1.82, 2.24) is 15.8 Å². The number of hydrogen-bond acceptors (Lipinski definition) is 11. The highest BCUT2D eigenvalue weighted by molar-refractivity contribution is 7.88. The van der Waals surface area contributed by atoms with Gasteiger partial charge in [-0.3, -0.25) is 5.43 Å². The third-order valence-corrected chi connectivity index (χ3v) is 8.69. The Morgan fingerprint density at radius 3 is 2.35 bits per heavy atom. The lowest BCUT2D eigenvalue weighted by Gasteiger charge is -2.38. The predicted octanol–water partition coefficient (Wildman–Crippen LogP) is 4.15. The highest BCUT2D eigenvalue weighted by Gasteiger charge is 2.49. The number of aliphatic hydroxyl groups excluding tert-OH is 1. The van der Waals surface area contributed by atoms with E-state index in [0.717, 1.165) is 12.1 Å². The molecule has 0 spiro atoms. The van der Waals surface area contributed by atoms with Crippen molar-refractivity contribution >= 4 is 22.3 Å². The van der Waals surface area contributed by atoms with Gasteiger partial charge in [-0.1, -0.05) is 30.3 Å². The van der Waals surface area contributed by atoms with E-state index in [1.54, 1.807) is 26.8 Å². The van der Waals surface area contributed by atoms with Crippen LogP contribution in [0.5, 0.6) is 5.75 Å². The number of ether oxygens (including phenoxy) is 4. The minimum atomic E-state index is -5.91. The molecule has 1 unspecified atom stereocenters. The Morgan fingerprint density at radius 2 is 1.71 bits per heavy atom. The summed E-state index contributed by atoms with van der Waals surface area (Å²) in [4.78, 5) is 26.0. The molecule has 13 nitrogen and oxygen atoms in total. The van der Waals surface area contributed by atoms with Crippen molar-refractivity contribution in [3.63, 3.8) is 0 Å². The fraction of sp³-hybridized carbons (Fsp3) is 0.548.